The number of hydrogen-bond acceptors (Lipinski definition) is 3. The lowest BCUT2D eigenvalue weighted by atomic mass is 10.1. The van der Waals surface area contributed by atoms with Crippen molar-refractivity contribution in [3.63, 3.8) is 0 Å². The summed E-state index contributed by atoms with van der Waals surface area (Å²) < 4.78 is 0. The molecule has 0 bridgehead atoms. The second-order valence-corrected chi connectivity index (χ2v) is 6.45. The molecule has 18 heavy (non-hydrogen) atoms. The van der Waals surface area contributed by atoms with Crippen LogP contribution in [-0.4, -0.2) is 30.4 Å². The molecule has 0 aromatic carbocycles. The van der Waals surface area contributed by atoms with Crippen LogP contribution in [0, 0.1) is 6.92 Å². The number of amides is 1. The Bertz CT molecular complexity index is 410. The highest BCUT2D eigenvalue weighted by molar-refractivity contribution is 7.12. The number of nitrogens with one attached hydrogen (secondary N) is 1. The topological polar surface area (TPSA) is 32.3 Å². The zero-order valence-corrected chi connectivity index (χ0v) is 12.2. The van der Waals surface area contributed by atoms with E-state index in [1.807, 2.05) is 11.9 Å². The minimum atomic E-state index is 0.178. The largest absolute Gasteiger partial charge is 0.338 e. The SMILES string of the molecule is Cc1ccc(C(C)N(C)C(=O)CC2CCCN2)s1. The van der Waals surface area contributed by atoms with Crippen LogP contribution in [0.25, 0.3) is 0 Å². The summed E-state index contributed by atoms with van der Waals surface area (Å²) in [5.74, 6) is 0.243. The molecule has 2 heterocycles. The van der Waals surface area contributed by atoms with E-state index >= 15 is 0 Å². The van der Waals surface area contributed by atoms with Gasteiger partial charge in [-0.05, 0) is 45.4 Å². The summed E-state index contributed by atoms with van der Waals surface area (Å²) in [7, 11) is 1.91. The van der Waals surface area contributed by atoms with Gasteiger partial charge in [0.15, 0.2) is 0 Å². The van der Waals surface area contributed by atoms with Crippen molar-refractivity contribution in [2.45, 2.75) is 45.2 Å². The van der Waals surface area contributed by atoms with Crippen LogP contribution < -0.4 is 5.32 Å². The molecule has 2 unspecified atom stereocenters. The first kappa shape index (κ1) is 13.6. The Morgan fingerprint density at radius 3 is 2.94 bits per heavy atom. The van der Waals surface area contributed by atoms with Gasteiger partial charge in [-0.25, -0.2) is 0 Å². The smallest absolute Gasteiger partial charge is 0.224 e. The maximum atomic E-state index is 12.2. The van der Waals surface area contributed by atoms with Gasteiger partial charge in [-0.15, -0.1) is 11.3 Å². The van der Waals surface area contributed by atoms with Crippen molar-refractivity contribution < 1.29 is 4.79 Å². The lowest BCUT2D eigenvalue weighted by Crippen LogP contribution is -2.34. The van der Waals surface area contributed by atoms with Crippen LogP contribution >= 0.6 is 11.3 Å². The standard InChI is InChI=1S/C14H22N2OS/c1-10-6-7-13(18-10)11(2)16(3)14(17)9-12-5-4-8-15-12/h6-7,11-12,15H,4-5,8-9H2,1-3H3. The number of aryl methyl sites for hydroxylation is 1. The van der Waals surface area contributed by atoms with E-state index in [9.17, 15) is 4.79 Å². The molecule has 2 rings (SSSR count). The fraction of sp³-hybridized carbons (Fsp3) is 0.643. The van der Waals surface area contributed by atoms with Crippen LogP contribution in [-0.2, 0) is 4.79 Å². The van der Waals surface area contributed by atoms with Gasteiger partial charge in [0.1, 0.15) is 0 Å². The maximum Gasteiger partial charge on any atom is 0.224 e. The minimum absolute atomic E-state index is 0.178. The number of rotatable bonds is 4. The monoisotopic (exact) mass is 266 g/mol. The number of nitrogens with zero attached hydrogens (tertiary/aromatic N) is 1. The molecule has 4 heteroatoms. The predicted molar refractivity (Wildman–Crippen MR) is 75.9 cm³/mol. The summed E-state index contributed by atoms with van der Waals surface area (Å²) in [6.07, 6.45) is 2.96. The highest BCUT2D eigenvalue weighted by atomic mass is 32.1. The van der Waals surface area contributed by atoms with Gasteiger partial charge >= 0.3 is 0 Å². The third kappa shape index (κ3) is 3.12. The van der Waals surface area contributed by atoms with Gasteiger partial charge in [0.25, 0.3) is 0 Å². The Kier molecular flexibility index (Phi) is 4.40. The lowest BCUT2D eigenvalue weighted by molar-refractivity contribution is -0.132. The Morgan fingerprint density at radius 1 is 1.61 bits per heavy atom. The molecule has 1 aliphatic rings. The number of hydrogen-bond donors (Lipinski definition) is 1. The third-order valence-corrected chi connectivity index (χ3v) is 4.90. The summed E-state index contributed by atoms with van der Waals surface area (Å²) in [5.41, 5.74) is 0. The predicted octanol–water partition coefficient (Wildman–Crippen LogP) is 2.72. The fourth-order valence-corrected chi connectivity index (χ4v) is 3.34. The summed E-state index contributed by atoms with van der Waals surface area (Å²) in [4.78, 5) is 16.7. The molecule has 0 aliphatic carbocycles. The van der Waals surface area contributed by atoms with Crippen LogP contribution in [0.4, 0.5) is 0 Å². The van der Waals surface area contributed by atoms with Crippen LogP contribution in [0.3, 0.4) is 0 Å². The minimum Gasteiger partial charge on any atom is -0.338 e. The van der Waals surface area contributed by atoms with Crippen molar-refractivity contribution in [3.8, 4) is 0 Å². The van der Waals surface area contributed by atoms with Gasteiger partial charge in [0, 0.05) is 29.3 Å². The summed E-state index contributed by atoms with van der Waals surface area (Å²) in [5, 5.41) is 3.38. The van der Waals surface area contributed by atoms with E-state index in [2.05, 4.69) is 31.3 Å². The van der Waals surface area contributed by atoms with Gasteiger partial charge in [0.2, 0.25) is 5.91 Å². The summed E-state index contributed by atoms with van der Waals surface area (Å²) in [6.45, 7) is 5.26. The molecule has 0 spiro atoms. The normalized spacial score (nSPS) is 20.9. The number of thiophene rings is 1. The van der Waals surface area contributed by atoms with E-state index in [0.29, 0.717) is 12.5 Å². The van der Waals surface area contributed by atoms with Crippen molar-refractivity contribution in [3.05, 3.63) is 21.9 Å². The van der Waals surface area contributed by atoms with Crippen molar-refractivity contribution in [2.24, 2.45) is 0 Å². The molecule has 2 atom stereocenters. The fourth-order valence-electron chi connectivity index (χ4n) is 2.37. The second-order valence-electron chi connectivity index (χ2n) is 5.13. The Morgan fingerprint density at radius 2 is 2.39 bits per heavy atom. The molecule has 0 saturated carbocycles. The molecule has 0 radical (unpaired) electrons. The zero-order chi connectivity index (χ0) is 13.1. The average molecular weight is 266 g/mol. The second kappa shape index (κ2) is 5.85. The van der Waals surface area contributed by atoms with E-state index in [1.54, 1.807) is 11.3 Å². The zero-order valence-electron chi connectivity index (χ0n) is 11.4. The molecule has 100 valence electrons. The molecule has 1 aromatic heterocycles. The van der Waals surface area contributed by atoms with Gasteiger partial charge in [0.05, 0.1) is 6.04 Å². The van der Waals surface area contributed by atoms with E-state index in [1.165, 1.54) is 16.2 Å². The van der Waals surface area contributed by atoms with E-state index in [0.717, 1.165) is 13.0 Å². The lowest BCUT2D eigenvalue weighted by Gasteiger charge is -2.25. The van der Waals surface area contributed by atoms with Crippen LogP contribution in [0.2, 0.25) is 0 Å². The molecule has 1 aromatic rings. The Labute approximate surface area is 113 Å². The summed E-state index contributed by atoms with van der Waals surface area (Å²) >= 11 is 1.77. The molecule has 3 nitrogen and oxygen atoms in total. The molecule has 1 fully saturated rings. The van der Waals surface area contributed by atoms with Gasteiger partial charge in [-0.1, -0.05) is 0 Å². The highest BCUT2D eigenvalue weighted by Gasteiger charge is 2.23. The molecule has 1 aliphatic heterocycles. The Balaban J connectivity index is 1.92. The van der Waals surface area contributed by atoms with Gasteiger partial charge in [-0.2, -0.15) is 0 Å². The van der Waals surface area contributed by atoms with E-state index < -0.39 is 0 Å². The van der Waals surface area contributed by atoms with Crippen LogP contribution in [0.15, 0.2) is 12.1 Å². The first-order chi connectivity index (χ1) is 8.58. The highest BCUT2D eigenvalue weighted by Crippen LogP contribution is 2.27. The molecular weight excluding hydrogens is 244 g/mol. The molecule has 1 amide bonds. The van der Waals surface area contributed by atoms with Crippen LogP contribution in [0.1, 0.15) is 42.0 Å². The van der Waals surface area contributed by atoms with Crippen molar-refractivity contribution in [2.75, 3.05) is 13.6 Å². The first-order valence-corrected chi connectivity index (χ1v) is 7.45. The summed E-state index contributed by atoms with van der Waals surface area (Å²) in [6, 6.07) is 4.81. The van der Waals surface area contributed by atoms with Crippen molar-refractivity contribution >= 4 is 17.2 Å². The van der Waals surface area contributed by atoms with E-state index in [-0.39, 0.29) is 11.9 Å². The third-order valence-electron chi connectivity index (χ3n) is 3.73. The Hall–Kier alpha value is -0.870. The van der Waals surface area contributed by atoms with E-state index in [4.69, 9.17) is 0 Å². The van der Waals surface area contributed by atoms with Crippen molar-refractivity contribution in [1.29, 1.82) is 0 Å². The molecule has 1 N–H and O–H groups in total. The van der Waals surface area contributed by atoms with Crippen molar-refractivity contribution in [1.82, 2.24) is 10.2 Å². The van der Waals surface area contributed by atoms with Gasteiger partial charge in [-0.3, -0.25) is 4.79 Å². The quantitative estimate of drug-likeness (QED) is 0.909. The maximum absolute atomic E-state index is 12.2. The first-order valence-electron chi connectivity index (χ1n) is 6.63. The number of carbonyl (C=O) groups excluding carboxylic acids is 1. The molecule has 1 saturated heterocycles. The average Bonchev–Trinajstić information content (AvgIpc) is 2.98. The van der Waals surface area contributed by atoms with Crippen LogP contribution in [0.5, 0.6) is 0 Å². The molecular formula is C14H22N2OS. The van der Waals surface area contributed by atoms with Gasteiger partial charge < -0.3 is 10.2 Å². The number of carbonyl (C=O) groups is 1.